The third-order valence-electron chi connectivity index (χ3n) is 1.60. The van der Waals surface area contributed by atoms with Crippen molar-refractivity contribution in [2.45, 2.75) is 12.8 Å². The Bertz CT molecular complexity index is 105. The van der Waals surface area contributed by atoms with E-state index in [-0.39, 0.29) is 5.76 Å². The van der Waals surface area contributed by atoms with Gasteiger partial charge in [-0.25, -0.2) is 0 Å². The molecule has 0 bridgehead atoms. The summed E-state index contributed by atoms with van der Waals surface area (Å²) in [5, 5.41) is 8.78. The third kappa shape index (κ3) is 2.06. The number of hydrogen-bond donors (Lipinski definition) is 1. The molecular formula is C7H13NO. The first-order valence-electron chi connectivity index (χ1n) is 3.38. The maximum Gasteiger partial charge on any atom is 0.0991 e. The molecule has 1 fully saturated rings. The van der Waals surface area contributed by atoms with E-state index in [2.05, 4.69) is 11.5 Å². The molecule has 9 heavy (non-hydrogen) atoms. The minimum Gasteiger partial charge on any atom is -0.512 e. The number of aliphatic hydroxyl groups is 1. The van der Waals surface area contributed by atoms with Crippen LogP contribution in [0.25, 0.3) is 0 Å². The summed E-state index contributed by atoms with van der Waals surface area (Å²) in [5.41, 5.74) is 0. The maximum absolute atomic E-state index is 8.78. The van der Waals surface area contributed by atoms with Gasteiger partial charge in [-0.2, -0.15) is 0 Å². The number of nitrogens with zero attached hydrogens (tertiary/aromatic N) is 1. The van der Waals surface area contributed by atoms with Gasteiger partial charge in [0.05, 0.1) is 12.3 Å². The highest BCUT2D eigenvalue weighted by Crippen LogP contribution is 2.07. The molecule has 0 aliphatic carbocycles. The van der Waals surface area contributed by atoms with Gasteiger partial charge in [-0.3, -0.25) is 4.90 Å². The van der Waals surface area contributed by atoms with Gasteiger partial charge in [0.25, 0.3) is 0 Å². The van der Waals surface area contributed by atoms with Crippen molar-refractivity contribution in [1.29, 1.82) is 0 Å². The highest BCUT2D eigenvalue weighted by atomic mass is 16.3. The van der Waals surface area contributed by atoms with Crippen molar-refractivity contribution in [2.24, 2.45) is 0 Å². The summed E-state index contributed by atoms with van der Waals surface area (Å²) in [6.45, 7) is 6.35. The predicted octanol–water partition coefficient (Wildman–Crippen LogP) is 1.15. The largest absolute Gasteiger partial charge is 0.512 e. The summed E-state index contributed by atoms with van der Waals surface area (Å²) in [7, 11) is 0. The van der Waals surface area contributed by atoms with Crippen LogP contribution < -0.4 is 0 Å². The highest BCUT2D eigenvalue weighted by molar-refractivity contribution is 4.84. The molecule has 0 aromatic carbocycles. The lowest BCUT2D eigenvalue weighted by atomic mass is 10.4. The van der Waals surface area contributed by atoms with Gasteiger partial charge in [0, 0.05) is 0 Å². The van der Waals surface area contributed by atoms with E-state index in [0.29, 0.717) is 6.54 Å². The van der Waals surface area contributed by atoms with Crippen molar-refractivity contribution < 1.29 is 5.11 Å². The molecule has 0 aromatic heterocycles. The van der Waals surface area contributed by atoms with Crippen molar-refractivity contribution in [3.8, 4) is 0 Å². The molecule has 0 atom stereocenters. The van der Waals surface area contributed by atoms with Crippen LogP contribution >= 0.6 is 0 Å². The van der Waals surface area contributed by atoms with Crippen molar-refractivity contribution in [1.82, 2.24) is 4.90 Å². The molecule has 1 aliphatic heterocycles. The van der Waals surface area contributed by atoms with E-state index in [1.807, 2.05) is 0 Å². The molecule has 1 heterocycles. The average Bonchev–Trinajstić information content (AvgIpc) is 2.15. The summed E-state index contributed by atoms with van der Waals surface area (Å²) in [5.74, 6) is 0.289. The zero-order valence-electron chi connectivity index (χ0n) is 5.64. The van der Waals surface area contributed by atoms with Crippen molar-refractivity contribution >= 4 is 0 Å². The first kappa shape index (κ1) is 6.62. The van der Waals surface area contributed by atoms with Gasteiger partial charge in [-0.15, -0.1) is 0 Å². The lowest BCUT2D eigenvalue weighted by Crippen LogP contribution is -2.21. The molecule has 1 saturated heterocycles. The molecule has 52 valence electrons. The Labute approximate surface area is 55.8 Å². The summed E-state index contributed by atoms with van der Waals surface area (Å²) >= 11 is 0. The lowest BCUT2D eigenvalue weighted by Gasteiger charge is -2.11. The molecule has 1 aliphatic rings. The molecule has 0 spiro atoms. The van der Waals surface area contributed by atoms with Crippen LogP contribution in [0.2, 0.25) is 0 Å². The predicted molar refractivity (Wildman–Crippen MR) is 37.4 cm³/mol. The Morgan fingerprint density at radius 3 is 2.44 bits per heavy atom. The Hall–Kier alpha value is -0.500. The van der Waals surface area contributed by atoms with Gasteiger partial charge >= 0.3 is 0 Å². The third-order valence-corrected chi connectivity index (χ3v) is 1.60. The maximum atomic E-state index is 8.78. The smallest absolute Gasteiger partial charge is 0.0991 e. The normalized spacial score (nSPS) is 20.4. The van der Waals surface area contributed by atoms with Gasteiger partial charge in [-0.05, 0) is 25.9 Å². The fourth-order valence-corrected chi connectivity index (χ4v) is 1.20. The summed E-state index contributed by atoms with van der Waals surface area (Å²) in [4.78, 5) is 2.21. The topological polar surface area (TPSA) is 23.5 Å². The molecule has 2 heteroatoms. The number of rotatable bonds is 2. The van der Waals surface area contributed by atoms with E-state index in [4.69, 9.17) is 5.11 Å². The Morgan fingerprint density at radius 1 is 1.44 bits per heavy atom. The second kappa shape index (κ2) is 2.87. The minimum atomic E-state index is 0.289. The summed E-state index contributed by atoms with van der Waals surface area (Å²) in [6.07, 6.45) is 2.54. The first-order valence-corrected chi connectivity index (χ1v) is 3.38. The van der Waals surface area contributed by atoms with Crippen molar-refractivity contribution in [3.05, 3.63) is 12.3 Å². The second-order valence-electron chi connectivity index (χ2n) is 2.55. The molecule has 0 unspecified atom stereocenters. The van der Waals surface area contributed by atoms with Crippen LogP contribution in [0.3, 0.4) is 0 Å². The molecule has 0 aromatic rings. The van der Waals surface area contributed by atoms with E-state index >= 15 is 0 Å². The number of hydrogen-bond acceptors (Lipinski definition) is 2. The van der Waals surface area contributed by atoms with Crippen LogP contribution in [0.5, 0.6) is 0 Å². The second-order valence-corrected chi connectivity index (χ2v) is 2.55. The summed E-state index contributed by atoms with van der Waals surface area (Å²) < 4.78 is 0. The summed E-state index contributed by atoms with van der Waals surface area (Å²) in [6, 6.07) is 0. The zero-order valence-corrected chi connectivity index (χ0v) is 5.64. The highest BCUT2D eigenvalue weighted by Gasteiger charge is 2.10. The van der Waals surface area contributed by atoms with E-state index in [1.54, 1.807) is 0 Å². The van der Waals surface area contributed by atoms with Crippen LogP contribution in [0, 0.1) is 0 Å². The molecule has 1 N–H and O–H groups in total. The quantitative estimate of drug-likeness (QED) is 0.562. The number of likely N-dealkylation sites (tertiary alicyclic amines) is 1. The first-order chi connectivity index (χ1) is 4.29. The van der Waals surface area contributed by atoms with Gasteiger partial charge in [-0.1, -0.05) is 6.58 Å². The molecule has 0 radical (unpaired) electrons. The van der Waals surface area contributed by atoms with Gasteiger partial charge in [0.1, 0.15) is 0 Å². The fraction of sp³-hybridized carbons (Fsp3) is 0.714. The van der Waals surface area contributed by atoms with E-state index in [1.165, 1.54) is 12.8 Å². The van der Waals surface area contributed by atoms with Crippen LogP contribution in [0.4, 0.5) is 0 Å². The molecule has 2 nitrogen and oxygen atoms in total. The zero-order chi connectivity index (χ0) is 6.69. The minimum absolute atomic E-state index is 0.289. The average molecular weight is 127 g/mol. The Kier molecular flexibility index (Phi) is 2.11. The molecule has 1 rings (SSSR count). The van der Waals surface area contributed by atoms with Crippen molar-refractivity contribution in [2.75, 3.05) is 19.6 Å². The fourth-order valence-electron chi connectivity index (χ4n) is 1.20. The van der Waals surface area contributed by atoms with Crippen LogP contribution in [0.1, 0.15) is 12.8 Å². The lowest BCUT2D eigenvalue weighted by molar-refractivity contribution is 0.292. The van der Waals surface area contributed by atoms with Crippen molar-refractivity contribution in [3.63, 3.8) is 0 Å². The molecule has 0 saturated carbocycles. The molecule has 0 amide bonds. The Morgan fingerprint density at radius 2 is 2.00 bits per heavy atom. The monoisotopic (exact) mass is 127 g/mol. The van der Waals surface area contributed by atoms with Crippen LogP contribution in [0.15, 0.2) is 12.3 Å². The van der Waals surface area contributed by atoms with Gasteiger partial charge in [0.2, 0.25) is 0 Å². The Balaban J connectivity index is 2.19. The standard InChI is InChI=1S/C7H13NO/c1-7(9)6-8-4-2-3-5-8/h9H,1-6H2. The molecular weight excluding hydrogens is 114 g/mol. The van der Waals surface area contributed by atoms with E-state index in [9.17, 15) is 0 Å². The van der Waals surface area contributed by atoms with Gasteiger partial charge in [0.15, 0.2) is 0 Å². The number of aliphatic hydroxyl groups excluding tert-OH is 1. The SMILES string of the molecule is C=C(O)CN1CCCC1. The van der Waals surface area contributed by atoms with E-state index in [0.717, 1.165) is 13.1 Å². The van der Waals surface area contributed by atoms with Crippen LogP contribution in [-0.4, -0.2) is 29.6 Å². The van der Waals surface area contributed by atoms with E-state index < -0.39 is 0 Å². The van der Waals surface area contributed by atoms with Gasteiger partial charge < -0.3 is 5.11 Å². The van der Waals surface area contributed by atoms with Crippen LogP contribution in [-0.2, 0) is 0 Å².